The van der Waals surface area contributed by atoms with Crippen LogP contribution in [-0.4, -0.2) is 63.6 Å². The summed E-state index contributed by atoms with van der Waals surface area (Å²) < 4.78 is 49.7. The first-order chi connectivity index (χ1) is 17.0. The molecule has 1 amide bonds. The number of nitrogens with zero attached hydrogens (tertiary/aromatic N) is 2. The molecule has 0 aliphatic carbocycles. The van der Waals surface area contributed by atoms with Crippen LogP contribution >= 0.6 is 0 Å². The average Bonchev–Trinajstić information content (AvgIpc) is 3.22. The molecule has 2 aromatic heterocycles. The molecular formula is C24H27F3N4O5. The number of amides is 1. The first kappa shape index (κ1) is 25.9. The number of nitrogens with one attached hydrogen (secondary N) is 2. The summed E-state index contributed by atoms with van der Waals surface area (Å²) in [4.78, 5) is 19.7. The average molecular weight is 508 g/mol. The number of fused-ring (bicyclic) bond motifs is 1. The highest BCUT2D eigenvalue weighted by atomic mass is 19.4. The van der Waals surface area contributed by atoms with E-state index in [-0.39, 0.29) is 19.0 Å². The highest BCUT2D eigenvalue weighted by Crippen LogP contribution is 2.28. The van der Waals surface area contributed by atoms with Gasteiger partial charge in [-0.3, -0.25) is 9.78 Å². The lowest BCUT2D eigenvalue weighted by Gasteiger charge is -2.38. The summed E-state index contributed by atoms with van der Waals surface area (Å²) in [5.74, 6) is -0.195. The van der Waals surface area contributed by atoms with Crippen LogP contribution in [0.2, 0.25) is 0 Å². The van der Waals surface area contributed by atoms with Gasteiger partial charge < -0.3 is 30.0 Å². The fraction of sp³-hybridized carbons (Fsp3) is 0.458. The standard InChI is InChI=1S/C24H27F3N4O5/c1-12(2)5-14-10-35-17-4-3-13(6-15(14)17)23(34)29-7-18-22(33)21(32)16(11-36-18)30-20-9-28-8-19(31-20)24(25,26)27/h3-4,6,8-10,12,16,18,21-22,32-33H,5,7,11H2,1-2H3,(H,29,34)(H,30,31)/t16-,18+,21+,22-/m0/s1. The van der Waals surface area contributed by atoms with Crippen molar-refractivity contribution in [2.45, 2.75) is 50.8 Å². The number of alkyl halides is 3. The maximum Gasteiger partial charge on any atom is 0.434 e. The molecule has 4 N–H and O–H groups in total. The van der Waals surface area contributed by atoms with Crippen LogP contribution in [0.15, 0.2) is 41.3 Å². The second-order valence-electron chi connectivity index (χ2n) is 9.17. The molecule has 1 aromatic carbocycles. The van der Waals surface area contributed by atoms with Crippen LogP contribution in [0.4, 0.5) is 19.0 Å². The van der Waals surface area contributed by atoms with Crippen LogP contribution in [0.5, 0.6) is 0 Å². The lowest BCUT2D eigenvalue weighted by Crippen LogP contribution is -2.58. The monoisotopic (exact) mass is 508 g/mol. The molecule has 0 saturated carbocycles. The zero-order valence-corrected chi connectivity index (χ0v) is 19.6. The number of aliphatic hydroxyl groups is 2. The summed E-state index contributed by atoms with van der Waals surface area (Å²) in [5, 5.41) is 27.1. The minimum absolute atomic E-state index is 0.0879. The van der Waals surface area contributed by atoms with Gasteiger partial charge in [-0.25, -0.2) is 4.98 Å². The lowest BCUT2D eigenvalue weighted by atomic mass is 9.97. The van der Waals surface area contributed by atoms with E-state index in [1.807, 2.05) is 0 Å². The molecule has 4 atom stereocenters. The van der Waals surface area contributed by atoms with Crippen LogP contribution in [0.1, 0.15) is 35.5 Å². The Morgan fingerprint density at radius 3 is 2.72 bits per heavy atom. The summed E-state index contributed by atoms with van der Waals surface area (Å²) >= 11 is 0. The SMILES string of the molecule is CC(C)Cc1coc2ccc(C(=O)NC[C@H]3OC[C@H](Nc4cncc(C(F)(F)F)n4)[C@@H](O)[C@H]3O)cc12. The number of ether oxygens (including phenoxy) is 1. The first-order valence-corrected chi connectivity index (χ1v) is 11.4. The molecule has 1 fully saturated rings. The molecule has 1 aliphatic heterocycles. The molecule has 4 rings (SSSR count). The van der Waals surface area contributed by atoms with Gasteiger partial charge in [0.05, 0.1) is 31.3 Å². The van der Waals surface area contributed by atoms with Crippen molar-refractivity contribution < 1.29 is 37.3 Å². The molecule has 0 unspecified atom stereocenters. The van der Waals surface area contributed by atoms with E-state index in [9.17, 15) is 28.2 Å². The van der Waals surface area contributed by atoms with Crippen molar-refractivity contribution in [2.24, 2.45) is 5.92 Å². The van der Waals surface area contributed by atoms with Gasteiger partial charge in [0.1, 0.15) is 29.7 Å². The summed E-state index contributed by atoms with van der Waals surface area (Å²) in [6.07, 6.45) is -4.25. The van der Waals surface area contributed by atoms with Gasteiger partial charge in [-0.2, -0.15) is 13.2 Å². The maximum absolute atomic E-state index is 12.9. The first-order valence-electron chi connectivity index (χ1n) is 11.4. The summed E-state index contributed by atoms with van der Waals surface area (Å²) in [6, 6.07) is 4.15. The van der Waals surface area contributed by atoms with Crippen molar-refractivity contribution in [2.75, 3.05) is 18.5 Å². The van der Waals surface area contributed by atoms with Gasteiger partial charge in [0.15, 0.2) is 5.69 Å². The van der Waals surface area contributed by atoms with Gasteiger partial charge in [-0.05, 0) is 36.1 Å². The minimum atomic E-state index is -4.67. The highest BCUT2D eigenvalue weighted by Gasteiger charge is 2.39. The number of carbonyl (C=O) groups is 1. The molecule has 3 heterocycles. The Morgan fingerprint density at radius 2 is 2.00 bits per heavy atom. The van der Waals surface area contributed by atoms with Crippen LogP contribution in [0.25, 0.3) is 11.0 Å². The number of carbonyl (C=O) groups excluding carboxylic acids is 1. The largest absolute Gasteiger partial charge is 0.464 e. The summed E-state index contributed by atoms with van der Waals surface area (Å²) in [6.45, 7) is 3.95. The number of aliphatic hydroxyl groups excluding tert-OH is 2. The smallest absolute Gasteiger partial charge is 0.434 e. The van der Waals surface area contributed by atoms with E-state index < -0.39 is 42.1 Å². The van der Waals surface area contributed by atoms with Crippen molar-refractivity contribution in [3.8, 4) is 0 Å². The molecule has 3 aromatic rings. The van der Waals surface area contributed by atoms with Gasteiger partial charge in [-0.15, -0.1) is 0 Å². The second-order valence-corrected chi connectivity index (χ2v) is 9.17. The van der Waals surface area contributed by atoms with Crippen molar-refractivity contribution >= 4 is 22.7 Å². The highest BCUT2D eigenvalue weighted by molar-refractivity contribution is 5.98. The molecule has 194 valence electrons. The van der Waals surface area contributed by atoms with Gasteiger partial charge >= 0.3 is 6.18 Å². The number of anilines is 1. The van der Waals surface area contributed by atoms with Crippen molar-refractivity contribution in [1.29, 1.82) is 0 Å². The predicted molar refractivity (Wildman–Crippen MR) is 123 cm³/mol. The number of furan rings is 1. The fourth-order valence-corrected chi connectivity index (χ4v) is 4.07. The van der Waals surface area contributed by atoms with E-state index >= 15 is 0 Å². The number of benzene rings is 1. The topological polar surface area (TPSA) is 130 Å². The van der Waals surface area contributed by atoms with Gasteiger partial charge in [0.25, 0.3) is 5.91 Å². The van der Waals surface area contributed by atoms with E-state index in [1.54, 1.807) is 24.5 Å². The number of aromatic nitrogens is 2. The Hall–Kier alpha value is -3.22. The minimum Gasteiger partial charge on any atom is -0.464 e. The van der Waals surface area contributed by atoms with Crippen LogP contribution < -0.4 is 10.6 Å². The Labute approximate surface area is 204 Å². The number of halogens is 3. The lowest BCUT2D eigenvalue weighted by molar-refractivity contribution is -0.141. The van der Waals surface area contributed by atoms with E-state index in [0.29, 0.717) is 23.3 Å². The van der Waals surface area contributed by atoms with E-state index in [1.165, 1.54) is 0 Å². The van der Waals surface area contributed by atoms with Crippen molar-refractivity contribution in [3.05, 3.63) is 53.7 Å². The number of rotatable bonds is 7. The second kappa shape index (κ2) is 10.4. The third-order valence-corrected chi connectivity index (χ3v) is 5.90. The molecule has 12 heteroatoms. The van der Waals surface area contributed by atoms with E-state index in [2.05, 4.69) is 34.4 Å². The maximum atomic E-state index is 12.9. The summed E-state index contributed by atoms with van der Waals surface area (Å²) in [5.41, 5.74) is 0.903. The molecule has 1 saturated heterocycles. The zero-order chi connectivity index (χ0) is 26.0. The van der Waals surface area contributed by atoms with Crippen molar-refractivity contribution in [1.82, 2.24) is 15.3 Å². The molecule has 1 aliphatic rings. The Morgan fingerprint density at radius 1 is 1.22 bits per heavy atom. The third kappa shape index (κ3) is 5.77. The molecule has 9 nitrogen and oxygen atoms in total. The summed E-state index contributed by atoms with van der Waals surface area (Å²) in [7, 11) is 0. The number of hydrogen-bond acceptors (Lipinski definition) is 8. The zero-order valence-electron chi connectivity index (χ0n) is 19.6. The molecule has 0 bridgehead atoms. The van der Waals surface area contributed by atoms with Crippen molar-refractivity contribution in [3.63, 3.8) is 0 Å². The molecular weight excluding hydrogens is 481 g/mol. The van der Waals surface area contributed by atoms with Gasteiger partial charge in [-0.1, -0.05) is 13.8 Å². The normalized spacial score (nSPS) is 22.7. The number of hydrogen-bond donors (Lipinski definition) is 4. The predicted octanol–water partition coefficient (Wildman–Crippen LogP) is 2.77. The Bertz CT molecular complexity index is 1220. The van der Waals surface area contributed by atoms with Crippen LogP contribution in [0.3, 0.4) is 0 Å². The Balaban J connectivity index is 1.35. The Kier molecular flexibility index (Phi) is 7.48. The third-order valence-electron chi connectivity index (χ3n) is 5.90. The van der Waals surface area contributed by atoms with Gasteiger partial charge in [0.2, 0.25) is 0 Å². The molecule has 36 heavy (non-hydrogen) atoms. The molecule has 0 spiro atoms. The fourth-order valence-electron chi connectivity index (χ4n) is 4.07. The molecule has 0 radical (unpaired) electrons. The van der Waals surface area contributed by atoms with E-state index in [4.69, 9.17) is 9.15 Å². The van der Waals surface area contributed by atoms with Crippen LogP contribution in [-0.2, 0) is 17.3 Å². The van der Waals surface area contributed by atoms with Gasteiger partial charge in [0, 0.05) is 17.5 Å². The van der Waals surface area contributed by atoms with E-state index in [0.717, 1.165) is 23.6 Å². The quantitative estimate of drug-likeness (QED) is 0.384. The van der Waals surface area contributed by atoms with Crippen LogP contribution in [0, 0.1) is 5.92 Å².